The summed E-state index contributed by atoms with van der Waals surface area (Å²) in [7, 11) is 0. The van der Waals surface area contributed by atoms with E-state index in [1.165, 1.54) is 0 Å². The Labute approximate surface area is 183 Å². The number of aliphatic hydroxyl groups is 6. The first kappa shape index (κ1) is 23.4. The molecule has 0 aromatic heterocycles. The quantitative estimate of drug-likeness (QED) is 0.330. The minimum atomic E-state index is -1.95. The lowest BCUT2D eigenvalue weighted by Gasteiger charge is -2.52. The van der Waals surface area contributed by atoms with Crippen LogP contribution in [0.25, 0.3) is 0 Å². The van der Waals surface area contributed by atoms with Crippen LogP contribution >= 0.6 is 0 Å². The lowest BCUT2D eigenvalue weighted by Crippen LogP contribution is -2.64. The van der Waals surface area contributed by atoms with Crippen LogP contribution in [0.2, 0.25) is 0 Å². The summed E-state index contributed by atoms with van der Waals surface area (Å²) >= 11 is 0. The summed E-state index contributed by atoms with van der Waals surface area (Å²) < 4.78 is 5.68. The summed E-state index contributed by atoms with van der Waals surface area (Å²) in [6.45, 7) is 8.10. The Hall–Kier alpha value is -0.770. The molecule has 4 fully saturated rings. The van der Waals surface area contributed by atoms with E-state index < -0.39 is 75.8 Å². The summed E-state index contributed by atoms with van der Waals surface area (Å²) in [5.74, 6) is -2.71. The van der Waals surface area contributed by atoms with Gasteiger partial charge in [-0.2, -0.15) is 0 Å². The van der Waals surface area contributed by atoms with E-state index in [2.05, 4.69) is 0 Å². The predicted octanol–water partition coefficient (Wildman–Crippen LogP) is 0.1000. The lowest BCUT2D eigenvalue weighted by molar-refractivity contribution is -0.235. The molecule has 0 heterocycles. The van der Waals surface area contributed by atoms with Gasteiger partial charge in [0, 0.05) is 29.1 Å². The molecule has 4 aliphatic rings. The summed E-state index contributed by atoms with van der Waals surface area (Å²) in [4.78, 5) is 12.4. The van der Waals surface area contributed by atoms with Crippen molar-refractivity contribution in [3.63, 3.8) is 0 Å². The molecule has 8 heteroatoms. The summed E-state index contributed by atoms with van der Waals surface area (Å²) in [5, 5.41) is 69.3. The molecule has 1 spiro atoms. The molecule has 0 radical (unpaired) electrons. The first-order valence-corrected chi connectivity index (χ1v) is 11.5. The first-order valence-electron chi connectivity index (χ1n) is 11.5. The number of rotatable bonds is 2. The van der Waals surface area contributed by atoms with Crippen LogP contribution in [0.3, 0.4) is 0 Å². The maximum atomic E-state index is 12.4. The van der Waals surface area contributed by atoms with E-state index in [1.54, 1.807) is 34.6 Å². The number of hydrogen-bond acceptors (Lipinski definition) is 8. The third-order valence-corrected chi connectivity index (χ3v) is 9.89. The van der Waals surface area contributed by atoms with Crippen LogP contribution in [0.4, 0.5) is 0 Å². The Kier molecular flexibility index (Phi) is 5.01. The van der Waals surface area contributed by atoms with E-state index >= 15 is 0 Å². The maximum absolute atomic E-state index is 12.4. The second kappa shape index (κ2) is 6.64. The number of carbonyl (C=O) groups excluding carboxylic acids is 1. The minimum absolute atomic E-state index is 0.0137. The third kappa shape index (κ3) is 2.60. The van der Waals surface area contributed by atoms with Crippen LogP contribution in [-0.2, 0) is 9.53 Å². The van der Waals surface area contributed by atoms with Gasteiger partial charge >= 0.3 is 5.97 Å². The van der Waals surface area contributed by atoms with E-state index in [9.17, 15) is 35.4 Å². The van der Waals surface area contributed by atoms with Gasteiger partial charge in [0.15, 0.2) is 6.10 Å². The van der Waals surface area contributed by atoms with Crippen LogP contribution < -0.4 is 0 Å². The predicted molar refractivity (Wildman–Crippen MR) is 110 cm³/mol. The molecule has 8 nitrogen and oxygen atoms in total. The molecular formula is C23H38O8. The molecule has 31 heavy (non-hydrogen) atoms. The van der Waals surface area contributed by atoms with Gasteiger partial charge in [-0.1, -0.05) is 20.8 Å². The summed E-state index contributed by atoms with van der Waals surface area (Å²) in [6.07, 6.45) is -4.16. The van der Waals surface area contributed by atoms with Gasteiger partial charge in [-0.15, -0.1) is 0 Å². The molecule has 0 aromatic rings. The average molecular weight is 443 g/mol. The van der Waals surface area contributed by atoms with Gasteiger partial charge in [-0.25, -0.2) is 0 Å². The van der Waals surface area contributed by atoms with Crippen molar-refractivity contribution < 1.29 is 40.2 Å². The van der Waals surface area contributed by atoms with E-state index in [-0.39, 0.29) is 19.3 Å². The van der Waals surface area contributed by atoms with Gasteiger partial charge in [0.1, 0.15) is 11.7 Å². The Morgan fingerprint density at radius 1 is 0.968 bits per heavy atom. The second-order valence-electron chi connectivity index (χ2n) is 11.6. The highest BCUT2D eigenvalue weighted by atomic mass is 16.6. The summed E-state index contributed by atoms with van der Waals surface area (Å²) in [6, 6.07) is 0. The fourth-order valence-electron chi connectivity index (χ4n) is 8.11. The third-order valence-electron chi connectivity index (χ3n) is 9.89. The van der Waals surface area contributed by atoms with Gasteiger partial charge in [-0.3, -0.25) is 4.79 Å². The van der Waals surface area contributed by atoms with Crippen molar-refractivity contribution in [2.24, 2.45) is 28.6 Å². The maximum Gasteiger partial charge on any atom is 0.305 e. The number of esters is 1. The Morgan fingerprint density at radius 3 is 2.16 bits per heavy atom. The highest BCUT2D eigenvalue weighted by Gasteiger charge is 2.80. The van der Waals surface area contributed by atoms with Crippen LogP contribution in [0, 0.1) is 28.6 Å². The number of ether oxygens (including phenoxy) is 1. The monoisotopic (exact) mass is 442 g/mol. The standard InChI is InChI=1S/C23H38O8/c1-6-15(25)31-18-17(27)22-10-20(4,28)11(16(22)26)7-8-12(22)21(5,29)13-9-14(24)19(2,3)23(13,18)30/h11-14,16-18,24,26-30H,6-10H2,1-5H3/t11-,12+,13+,14+,16-,17-,18-,20-,21-,22-,23+/m1/s1. The number of aliphatic hydroxyl groups excluding tert-OH is 3. The van der Waals surface area contributed by atoms with Gasteiger partial charge in [-0.05, 0) is 45.4 Å². The number of carbonyl (C=O) groups is 1. The molecule has 4 rings (SSSR count). The zero-order chi connectivity index (χ0) is 23.4. The van der Waals surface area contributed by atoms with Crippen molar-refractivity contribution >= 4 is 5.97 Å². The van der Waals surface area contributed by atoms with E-state index in [1.807, 2.05) is 0 Å². The Balaban J connectivity index is 1.98. The molecule has 4 aliphatic carbocycles. The highest BCUT2D eigenvalue weighted by molar-refractivity contribution is 5.69. The van der Waals surface area contributed by atoms with E-state index in [4.69, 9.17) is 4.74 Å². The SMILES string of the molecule is CCC(=O)O[C@@H]1[C@@H](O)[C@]23C[C@@](C)(O)[C@H](CC[C@H]2[C@@](C)(O)[C@@H]2C[C@H](O)C(C)(C)[C@@]12O)[C@H]3O. The molecule has 0 saturated heterocycles. The molecule has 4 saturated carbocycles. The molecule has 0 aliphatic heterocycles. The fourth-order valence-corrected chi connectivity index (χ4v) is 8.11. The van der Waals surface area contributed by atoms with E-state index in [0.29, 0.717) is 12.8 Å². The minimum Gasteiger partial charge on any atom is -0.456 e. The average Bonchev–Trinajstić information content (AvgIpc) is 2.90. The number of fused-ring (bicyclic) bond motifs is 2. The molecular weight excluding hydrogens is 404 g/mol. The topological polar surface area (TPSA) is 148 Å². The van der Waals surface area contributed by atoms with E-state index in [0.717, 1.165) is 0 Å². The largest absolute Gasteiger partial charge is 0.456 e. The Bertz CT molecular complexity index is 763. The molecule has 178 valence electrons. The molecule has 2 bridgehead atoms. The zero-order valence-electron chi connectivity index (χ0n) is 19.1. The van der Waals surface area contributed by atoms with Crippen LogP contribution in [-0.4, -0.2) is 77.8 Å². The van der Waals surface area contributed by atoms with Gasteiger partial charge in [0.05, 0.1) is 23.4 Å². The van der Waals surface area contributed by atoms with Gasteiger partial charge in [0.2, 0.25) is 0 Å². The smallest absolute Gasteiger partial charge is 0.305 e. The van der Waals surface area contributed by atoms with Crippen LogP contribution in [0.1, 0.15) is 66.7 Å². The fraction of sp³-hybridized carbons (Fsp3) is 0.957. The van der Waals surface area contributed by atoms with Crippen LogP contribution in [0.5, 0.6) is 0 Å². The molecule has 11 atom stereocenters. The van der Waals surface area contributed by atoms with Crippen molar-refractivity contribution in [3.8, 4) is 0 Å². The molecule has 0 aromatic carbocycles. The van der Waals surface area contributed by atoms with Crippen molar-refractivity contribution in [3.05, 3.63) is 0 Å². The lowest BCUT2D eigenvalue weighted by atomic mass is 9.56. The zero-order valence-corrected chi connectivity index (χ0v) is 19.1. The van der Waals surface area contributed by atoms with Crippen molar-refractivity contribution in [1.29, 1.82) is 0 Å². The second-order valence-corrected chi connectivity index (χ2v) is 11.6. The van der Waals surface area contributed by atoms with Crippen LogP contribution in [0.15, 0.2) is 0 Å². The first-order chi connectivity index (χ1) is 14.1. The van der Waals surface area contributed by atoms with Crippen molar-refractivity contribution in [2.45, 2.75) is 108 Å². The number of hydrogen-bond donors (Lipinski definition) is 6. The Morgan fingerprint density at radius 2 is 1.58 bits per heavy atom. The summed E-state index contributed by atoms with van der Waals surface area (Å²) in [5.41, 5.74) is -7.39. The van der Waals surface area contributed by atoms with Gasteiger partial charge in [0.25, 0.3) is 0 Å². The van der Waals surface area contributed by atoms with Crippen molar-refractivity contribution in [2.75, 3.05) is 0 Å². The molecule has 0 amide bonds. The highest BCUT2D eigenvalue weighted by Crippen LogP contribution is 2.70. The van der Waals surface area contributed by atoms with Crippen molar-refractivity contribution in [1.82, 2.24) is 0 Å². The molecule has 6 N–H and O–H groups in total. The normalized spacial score (nSPS) is 57.7. The molecule has 0 unspecified atom stereocenters. The van der Waals surface area contributed by atoms with Gasteiger partial charge < -0.3 is 35.4 Å².